The summed E-state index contributed by atoms with van der Waals surface area (Å²) in [5.74, 6) is -0.582. The number of nitrogens with zero attached hydrogens (tertiary/aromatic N) is 2. The Kier molecular flexibility index (Phi) is 4.36. The van der Waals surface area contributed by atoms with Crippen molar-refractivity contribution >= 4 is 17.3 Å². The molecule has 2 aromatic rings. The fourth-order valence-electron chi connectivity index (χ4n) is 1.64. The molecule has 0 bridgehead atoms. The Morgan fingerprint density at radius 1 is 1.33 bits per heavy atom. The second kappa shape index (κ2) is 6.20. The fourth-order valence-corrected chi connectivity index (χ4v) is 1.87. The van der Waals surface area contributed by atoms with Crippen LogP contribution in [0.15, 0.2) is 36.4 Å². The lowest BCUT2D eigenvalue weighted by atomic mass is 10.2. The Balaban J connectivity index is 2.12. The Morgan fingerprint density at radius 3 is 2.67 bits per heavy atom. The molecule has 0 N–H and O–H groups in total. The van der Waals surface area contributed by atoms with Crippen LogP contribution >= 0.6 is 11.6 Å². The topological polar surface area (TPSA) is 76.2 Å². The quantitative estimate of drug-likeness (QED) is 0.635. The van der Waals surface area contributed by atoms with Crippen LogP contribution in [0.5, 0.6) is 5.75 Å². The number of ether oxygens (including phenoxy) is 1. The minimum atomic E-state index is -0.924. The average Bonchev–Trinajstić information content (AvgIpc) is 2.45. The summed E-state index contributed by atoms with van der Waals surface area (Å²) in [6, 6.07) is 9.98. The predicted octanol–water partition coefficient (Wildman–Crippen LogP) is 3.84. The van der Waals surface area contributed by atoms with Gasteiger partial charge in [0, 0.05) is 6.07 Å². The van der Waals surface area contributed by atoms with E-state index in [2.05, 4.69) is 0 Å². The molecule has 0 amide bonds. The van der Waals surface area contributed by atoms with Crippen molar-refractivity contribution in [3.63, 3.8) is 0 Å². The molecule has 0 heterocycles. The lowest BCUT2D eigenvalue weighted by Crippen LogP contribution is -1.99. The Hall–Kier alpha value is -2.65. The maximum atomic E-state index is 13.4. The highest BCUT2D eigenvalue weighted by atomic mass is 35.5. The second-order valence-electron chi connectivity index (χ2n) is 4.09. The first-order valence-electron chi connectivity index (χ1n) is 5.76. The van der Waals surface area contributed by atoms with Crippen LogP contribution in [-0.2, 0) is 6.61 Å². The number of nitro benzene ring substituents is 1. The van der Waals surface area contributed by atoms with Crippen LogP contribution < -0.4 is 4.74 Å². The molecule has 0 fully saturated rings. The van der Waals surface area contributed by atoms with E-state index in [9.17, 15) is 14.5 Å². The molecule has 7 heteroatoms. The number of hydrogen-bond donors (Lipinski definition) is 0. The number of nitro groups is 1. The number of halogens is 2. The lowest BCUT2D eigenvalue weighted by molar-refractivity contribution is -0.387. The minimum Gasteiger partial charge on any atom is -0.487 e. The fraction of sp³-hybridized carbons (Fsp3) is 0.0714. The van der Waals surface area contributed by atoms with Crippen molar-refractivity contribution in [2.75, 3.05) is 0 Å². The highest BCUT2D eigenvalue weighted by Gasteiger charge is 2.14. The summed E-state index contributed by atoms with van der Waals surface area (Å²) >= 11 is 5.93. The second-order valence-corrected chi connectivity index (χ2v) is 4.50. The van der Waals surface area contributed by atoms with Crippen LogP contribution in [0.2, 0.25) is 5.02 Å². The molecule has 106 valence electrons. The van der Waals surface area contributed by atoms with Gasteiger partial charge in [0.25, 0.3) is 0 Å². The molecule has 0 unspecified atom stereocenters. The Bertz CT molecular complexity index is 743. The van der Waals surface area contributed by atoms with E-state index in [0.717, 1.165) is 12.1 Å². The molecule has 0 saturated heterocycles. The normalized spacial score (nSPS) is 9.95. The van der Waals surface area contributed by atoms with E-state index < -0.39 is 16.4 Å². The molecule has 21 heavy (non-hydrogen) atoms. The summed E-state index contributed by atoms with van der Waals surface area (Å²) in [5.41, 5.74) is 0.238. The monoisotopic (exact) mass is 306 g/mol. The summed E-state index contributed by atoms with van der Waals surface area (Å²) < 4.78 is 18.8. The number of benzene rings is 2. The molecule has 0 aliphatic carbocycles. The van der Waals surface area contributed by atoms with E-state index in [-0.39, 0.29) is 11.6 Å². The van der Waals surface area contributed by atoms with Crippen LogP contribution in [0.4, 0.5) is 10.1 Å². The maximum absolute atomic E-state index is 13.4. The van der Waals surface area contributed by atoms with Crippen molar-refractivity contribution in [2.24, 2.45) is 0 Å². The van der Waals surface area contributed by atoms with Gasteiger partial charge < -0.3 is 4.74 Å². The third-order valence-electron chi connectivity index (χ3n) is 2.66. The molecule has 0 atom stereocenters. The van der Waals surface area contributed by atoms with Gasteiger partial charge in [0.15, 0.2) is 0 Å². The highest BCUT2D eigenvalue weighted by molar-refractivity contribution is 6.32. The van der Waals surface area contributed by atoms with E-state index in [1.165, 1.54) is 24.3 Å². The molecule has 0 saturated carbocycles. The van der Waals surface area contributed by atoms with Crippen molar-refractivity contribution < 1.29 is 14.1 Å². The van der Waals surface area contributed by atoms with E-state index in [1.807, 2.05) is 6.07 Å². The Labute approximate surface area is 124 Å². The third-order valence-corrected chi connectivity index (χ3v) is 2.96. The van der Waals surface area contributed by atoms with Crippen LogP contribution in [-0.4, -0.2) is 4.92 Å². The van der Waals surface area contributed by atoms with Gasteiger partial charge in [0.2, 0.25) is 5.82 Å². The molecule has 5 nitrogen and oxygen atoms in total. The lowest BCUT2D eigenvalue weighted by Gasteiger charge is -2.08. The van der Waals surface area contributed by atoms with Gasteiger partial charge >= 0.3 is 5.69 Å². The minimum absolute atomic E-state index is 0.000530. The smallest absolute Gasteiger partial charge is 0.304 e. The highest BCUT2D eigenvalue weighted by Crippen LogP contribution is 2.26. The van der Waals surface area contributed by atoms with E-state index >= 15 is 0 Å². The first-order chi connectivity index (χ1) is 10.0. The van der Waals surface area contributed by atoms with Crippen LogP contribution in [0.1, 0.15) is 11.1 Å². The molecule has 2 rings (SSSR count). The summed E-state index contributed by atoms with van der Waals surface area (Å²) in [4.78, 5) is 9.71. The standard InChI is InChI=1S/C14H8ClFN2O3/c15-11-5-9(7-17)2-4-14(11)21-8-10-1-3-13(18(19)20)12(16)6-10/h1-6H,8H2. The van der Waals surface area contributed by atoms with Gasteiger partial charge in [0.05, 0.1) is 21.6 Å². The predicted molar refractivity (Wildman–Crippen MR) is 73.6 cm³/mol. The van der Waals surface area contributed by atoms with E-state index in [4.69, 9.17) is 21.6 Å². The maximum Gasteiger partial charge on any atom is 0.304 e. The third kappa shape index (κ3) is 3.46. The van der Waals surface area contributed by atoms with E-state index in [0.29, 0.717) is 16.9 Å². The molecule has 2 aromatic carbocycles. The molecule has 0 aromatic heterocycles. The molecular formula is C14H8ClFN2O3. The molecule has 0 radical (unpaired) electrons. The van der Waals surface area contributed by atoms with Gasteiger partial charge in [-0.05, 0) is 35.9 Å². The summed E-state index contributed by atoms with van der Waals surface area (Å²) in [6.07, 6.45) is 0. The average molecular weight is 307 g/mol. The van der Waals surface area contributed by atoms with Crippen LogP contribution in [0.25, 0.3) is 0 Å². The molecule has 0 spiro atoms. The first-order valence-corrected chi connectivity index (χ1v) is 6.14. The van der Waals surface area contributed by atoms with Gasteiger partial charge in [-0.2, -0.15) is 9.65 Å². The van der Waals surface area contributed by atoms with Gasteiger partial charge in [-0.3, -0.25) is 10.1 Å². The van der Waals surface area contributed by atoms with Crippen molar-refractivity contribution in [1.82, 2.24) is 0 Å². The summed E-state index contributed by atoms with van der Waals surface area (Å²) in [7, 11) is 0. The number of rotatable bonds is 4. The molecule has 0 aliphatic rings. The SMILES string of the molecule is N#Cc1ccc(OCc2ccc([N+](=O)[O-])c(F)c2)c(Cl)c1. The zero-order valence-electron chi connectivity index (χ0n) is 10.5. The zero-order valence-corrected chi connectivity index (χ0v) is 11.3. The van der Waals surface area contributed by atoms with Gasteiger partial charge in [-0.1, -0.05) is 11.6 Å². The summed E-state index contributed by atoms with van der Waals surface area (Å²) in [5, 5.41) is 19.5. The number of hydrogen-bond acceptors (Lipinski definition) is 4. The molecule has 0 aliphatic heterocycles. The summed E-state index contributed by atoms with van der Waals surface area (Å²) in [6.45, 7) is 0.000530. The first kappa shape index (κ1) is 14.8. The molecular weight excluding hydrogens is 299 g/mol. The van der Waals surface area contributed by atoms with Gasteiger partial charge in [-0.25, -0.2) is 0 Å². The Morgan fingerprint density at radius 2 is 2.10 bits per heavy atom. The van der Waals surface area contributed by atoms with Crippen molar-refractivity contribution in [2.45, 2.75) is 6.61 Å². The van der Waals surface area contributed by atoms with Gasteiger partial charge in [-0.15, -0.1) is 0 Å². The largest absolute Gasteiger partial charge is 0.487 e. The van der Waals surface area contributed by atoms with Crippen molar-refractivity contribution in [3.8, 4) is 11.8 Å². The van der Waals surface area contributed by atoms with Crippen molar-refractivity contribution in [3.05, 3.63) is 68.5 Å². The van der Waals surface area contributed by atoms with Crippen LogP contribution in [0.3, 0.4) is 0 Å². The zero-order chi connectivity index (χ0) is 15.4. The van der Waals surface area contributed by atoms with Crippen molar-refractivity contribution in [1.29, 1.82) is 5.26 Å². The van der Waals surface area contributed by atoms with E-state index in [1.54, 1.807) is 0 Å². The van der Waals surface area contributed by atoms with Gasteiger partial charge in [0.1, 0.15) is 12.4 Å². The van der Waals surface area contributed by atoms with Crippen LogP contribution in [0, 0.1) is 27.3 Å². The number of nitriles is 1.